The van der Waals surface area contributed by atoms with Gasteiger partial charge < -0.3 is 14.9 Å². The van der Waals surface area contributed by atoms with Gasteiger partial charge in [0.25, 0.3) is 0 Å². The fourth-order valence-corrected chi connectivity index (χ4v) is 2.87. The van der Waals surface area contributed by atoms with Gasteiger partial charge in [0.15, 0.2) is 0 Å². The molecule has 0 fully saturated rings. The van der Waals surface area contributed by atoms with Gasteiger partial charge in [-0.15, -0.1) is 0 Å². The lowest BCUT2D eigenvalue weighted by molar-refractivity contribution is -0.143. The van der Waals surface area contributed by atoms with Gasteiger partial charge in [0, 0.05) is 6.08 Å². The first-order valence-corrected chi connectivity index (χ1v) is 8.85. The van der Waals surface area contributed by atoms with E-state index in [4.69, 9.17) is 4.74 Å². The molecule has 1 unspecified atom stereocenters. The second-order valence-electron chi connectivity index (χ2n) is 6.37. The zero-order valence-electron chi connectivity index (χ0n) is 13.9. The lowest BCUT2D eigenvalue weighted by Gasteiger charge is -2.18. The zero-order chi connectivity index (χ0) is 16.2. The smallest absolute Gasteiger partial charge is 0.330 e. The predicted molar refractivity (Wildman–Crippen MR) is 87.5 cm³/mol. The van der Waals surface area contributed by atoms with E-state index < -0.39 is 12.2 Å². The summed E-state index contributed by atoms with van der Waals surface area (Å²) in [7, 11) is 0. The molecule has 1 heterocycles. The van der Waals surface area contributed by atoms with Crippen LogP contribution in [0.5, 0.6) is 0 Å². The highest BCUT2D eigenvalue weighted by atomic mass is 16.5. The Bertz CT molecular complexity index is 327. The standard InChI is InChI=1S/C18H32O4/c1-2-3-5-11-17-12-7-4-6-9-15(19)14-16(20)10-8-13-18(21)22-17/h8,13,15-17,19-20H,2-7,9-12,14H2,1H3/b13-8+/t15-,16-,17?/m1/s1. The van der Waals surface area contributed by atoms with Crippen molar-refractivity contribution in [2.75, 3.05) is 0 Å². The van der Waals surface area contributed by atoms with Crippen LogP contribution in [-0.4, -0.2) is 34.5 Å². The average molecular weight is 312 g/mol. The molecule has 2 N–H and O–H groups in total. The summed E-state index contributed by atoms with van der Waals surface area (Å²) in [5.41, 5.74) is 0. The lowest BCUT2D eigenvalue weighted by Crippen LogP contribution is -2.19. The number of rotatable bonds is 4. The van der Waals surface area contributed by atoms with Crippen LogP contribution in [0, 0.1) is 0 Å². The molecule has 4 heteroatoms. The monoisotopic (exact) mass is 312 g/mol. The van der Waals surface area contributed by atoms with Crippen LogP contribution in [0.1, 0.15) is 77.6 Å². The Labute approximate surface area is 134 Å². The van der Waals surface area contributed by atoms with Crippen molar-refractivity contribution in [1.82, 2.24) is 0 Å². The van der Waals surface area contributed by atoms with Gasteiger partial charge in [-0.2, -0.15) is 0 Å². The van der Waals surface area contributed by atoms with Gasteiger partial charge in [-0.25, -0.2) is 4.79 Å². The fraction of sp³-hybridized carbons (Fsp3) is 0.833. The molecule has 3 atom stereocenters. The van der Waals surface area contributed by atoms with Gasteiger partial charge in [-0.05, 0) is 44.9 Å². The van der Waals surface area contributed by atoms with E-state index in [-0.39, 0.29) is 12.1 Å². The summed E-state index contributed by atoms with van der Waals surface area (Å²) in [6, 6.07) is 0. The first-order valence-electron chi connectivity index (χ1n) is 8.85. The van der Waals surface area contributed by atoms with Crippen molar-refractivity contribution in [3.8, 4) is 0 Å². The average Bonchev–Trinajstić information content (AvgIpc) is 2.46. The van der Waals surface area contributed by atoms with Crippen LogP contribution in [0.25, 0.3) is 0 Å². The van der Waals surface area contributed by atoms with Crippen LogP contribution in [0.2, 0.25) is 0 Å². The second-order valence-corrected chi connectivity index (χ2v) is 6.37. The van der Waals surface area contributed by atoms with Gasteiger partial charge in [0.1, 0.15) is 6.10 Å². The number of ether oxygens (including phenoxy) is 1. The number of unbranched alkanes of at least 4 members (excludes halogenated alkanes) is 2. The Morgan fingerprint density at radius 3 is 2.68 bits per heavy atom. The molecule has 1 aliphatic heterocycles. The molecule has 0 aromatic carbocycles. The number of carbonyl (C=O) groups is 1. The van der Waals surface area contributed by atoms with E-state index in [9.17, 15) is 15.0 Å². The van der Waals surface area contributed by atoms with Crippen molar-refractivity contribution in [2.45, 2.75) is 95.9 Å². The molecule has 0 bridgehead atoms. The Hall–Kier alpha value is -0.870. The molecule has 0 saturated carbocycles. The topological polar surface area (TPSA) is 66.8 Å². The molecule has 22 heavy (non-hydrogen) atoms. The van der Waals surface area contributed by atoms with E-state index >= 15 is 0 Å². The Morgan fingerprint density at radius 1 is 1.14 bits per heavy atom. The molecular weight excluding hydrogens is 280 g/mol. The van der Waals surface area contributed by atoms with Crippen molar-refractivity contribution < 1.29 is 19.7 Å². The molecule has 0 saturated heterocycles. The number of esters is 1. The lowest BCUT2D eigenvalue weighted by atomic mass is 10.00. The summed E-state index contributed by atoms with van der Waals surface area (Å²) in [6.45, 7) is 2.17. The summed E-state index contributed by atoms with van der Waals surface area (Å²) in [5.74, 6) is -0.314. The Kier molecular flexibility index (Phi) is 10.2. The number of cyclic esters (lactones) is 1. The van der Waals surface area contributed by atoms with E-state index in [1.807, 2.05) is 0 Å². The summed E-state index contributed by atoms with van der Waals surface area (Å²) >= 11 is 0. The summed E-state index contributed by atoms with van der Waals surface area (Å²) in [4.78, 5) is 11.8. The third-order valence-electron chi connectivity index (χ3n) is 4.18. The minimum absolute atomic E-state index is 0.00138. The SMILES string of the molecule is CCCCCC1CCCCC[C@@H](O)C[C@H](O)C/C=C/C(=O)O1. The van der Waals surface area contributed by atoms with Gasteiger partial charge in [0.05, 0.1) is 12.2 Å². The summed E-state index contributed by atoms with van der Waals surface area (Å²) in [6.07, 6.45) is 11.8. The van der Waals surface area contributed by atoms with Crippen LogP contribution in [0.4, 0.5) is 0 Å². The molecule has 4 nitrogen and oxygen atoms in total. The van der Waals surface area contributed by atoms with Gasteiger partial charge in [-0.1, -0.05) is 38.7 Å². The normalized spacial score (nSPS) is 30.3. The molecule has 0 radical (unpaired) electrons. The maximum Gasteiger partial charge on any atom is 0.330 e. The molecule has 0 spiro atoms. The quantitative estimate of drug-likeness (QED) is 0.616. The van der Waals surface area contributed by atoms with E-state index in [0.717, 1.165) is 51.4 Å². The van der Waals surface area contributed by atoms with Crippen LogP contribution in [0.3, 0.4) is 0 Å². The highest BCUT2D eigenvalue weighted by molar-refractivity contribution is 5.82. The molecular formula is C18H32O4. The van der Waals surface area contributed by atoms with Crippen LogP contribution < -0.4 is 0 Å². The molecule has 0 amide bonds. The van der Waals surface area contributed by atoms with Crippen LogP contribution in [-0.2, 0) is 9.53 Å². The second kappa shape index (κ2) is 11.7. The van der Waals surface area contributed by atoms with Crippen molar-refractivity contribution in [1.29, 1.82) is 0 Å². The highest BCUT2D eigenvalue weighted by Gasteiger charge is 2.15. The fourth-order valence-electron chi connectivity index (χ4n) is 2.87. The van der Waals surface area contributed by atoms with Crippen molar-refractivity contribution >= 4 is 5.97 Å². The largest absolute Gasteiger partial charge is 0.459 e. The third-order valence-corrected chi connectivity index (χ3v) is 4.18. The predicted octanol–water partition coefficient (Wildman–Crippen LogP) is 3.50. The molecule has 0 aromatic rings. The number of carbonyl (C=O) groups excluding carboxylic acids is 1. The van der Waals surface area contributed by atoms with Gasteiger partial charge >= 0.3 is 5.97 Å². The van der Waals surface area contributed by atoms with E-state index in [1.54, 1.807) is 6.08 Å². The van der Waals surface area contributed by atoms with E-state index in [1.165, 1.54) is 12.5 Å². The molecule has 1 aliphatic rings. The highest BCUT2D eigenvalue weighted by Crippen LogP contribution is 2.17. The number of hydrogen-bond donors (Lipinski definition) is 2. The minimum atomic E-state index is -0.595. The number of aliphatic hydroxyl groups excluding tert-OH is 2. The summed E-state index contributed by atoms with van der Waals surface area (Å²) < 4.78 is 5.54. The molecule has 0 aliphatic carbocycles. The number of aliphatic hydroxyl groups is 2. The Morgan fingerprint density at radius 2 is 1.91 bits per heavy atom. The molecule has 0 aromatic heterocycles. The maximum absolute atomic E-state index is 11.8. The Balaban J connectivity index is 2.53. The zero-order valence-corrected chi connectivity index (χ0v) is 13.9. The van der Waals surface area contributed by atoms with Crippen molar-refractivity contribution in [3.63, 3.8) is 0 Å². The summed E-state index contributed by atoms with van der Waals surface area (Å²) in [5, 5.41) is 19.7. The number of hydrogen-bond acceptors (Lipinski definition) is 4. The van der Waals surface area contributed by atoms with E-state index in [2.05, 4.69) is 6.92 Å². The first-order chi connectivity index (χ1) is 10.6. The van der Waals surface area contributed by atoms with Crippen molar-refractivity contribution in [3.05, 3.63) is 12.2 Å². The van der Waals surface area contributed by atoms with Crippen LogP contribution in [0.15, 0.2) is 12.2 Å². The van der Waals surface area contributed by atoms with E-state index in [0.29, 0.717) is 12.8 Å². The van der Waals surface area contributed by atoms with Crippen molar-refractivity contribution in [2.24, 2.45) is 0 Å². The van der Waals surface area contributed by atoms with Gasteiger partial charge in [-0.3, -0.25) is 0 Å². The van der Waals surface area contributed by atoms with Crippen LogP contribution >= 0.6 is 0 Å². The minimum Gasteiger partial charge on any atom is -0.459 e. The van der Waals surface area contributed by atoms with Gasteiger partial charge in [0.2, 0.25) is 0 Å². The molecule has 1 rings (SSSR count). The maximum atomic E-state index is 11.8. The first kappa shape index (κ1) is 19.2. The molecule has 128 valence electrons. The third kappa shape index (κ3) is 9.21.